The van der Waals surface area contributed by atoms with E-state index < -0.39 is 43.3 Å². The maximum atomic E-state index is 11.6. The monoisotopic (exact) mass is 370 g/mol. The predicted molar refractivity (Wildman–Crippen MR) is 87.6 cm³/mol. The molecule has 0 amide bonds. The van der Waals surface area contributed by atoms with Gasteiger partial charge in [-0.2, -0.15) is 0 Å². The molecule has 1 aliphatic heterocycles. The van der Waals surface area contributed by atoms with Crippen LogP contribution in [0.5, 0.6) is 5.75 Å². The lowest BCUT2D eigenvalue weighted by Crippen LogP contribution is -2.60. The molecule has 0 radical (unpaired) electrons. The molecule has 4 N–H and O–H groups in total. The van der Waals surface area contributed by atoms with Crippen molar-refractivity contribution >= 4 is 27.4 Å². The van der Waals surface area contributed by atoms with Crippen LogP contribution in [0.25, 0.3) is 10.1 Å². The van der Waals surface area contributed by atoms with Crippen molar-refractivity contribution in [3.8, 4) is 5.75 Å². The second-order valence-corrected chi connectivity index (χ2v) is 6.70. The summed E-state index contributed by atoms with van der Waals surface area (Å²) < 4.78 is 16.3. The average Bonchev–Trinajstić information content (AvgIpc) is 3.04. The first kappa shape index (κ1) is 18.1. The summed E-state index contributed by atoms with van der Waals surface area (Å²) in [5, 5.41) is 39.6. The minimum Gasteiger partial charge on any atom is -0.465 e. The van der Waals surface area contributed by atoms with E-state index in [0.29, 0.717) is 10.6 Å². The van der Waals surface area contributed by atoms with E-state index in [4.69, 9.17) is 9.47 Å². The van der Waals surface area contributed by atoms with Gasteiger partial charge in [-0.1, -0.05) is 0 Å². The van der Waals surface area contributed by atoms with Gasteiger partial charge in [0.2, 0.25) is 6.29 Å². The van der Waals surface area contributed by atoms with Crippen LogP contribution < -0.4 is 4.74 Å². The van der Waals surface area contributed by atoms with E-state index in [1.54, 1.807) is 24.3 Å². The summed E-state index contributed by atoms with van der Waals surface area (Å²) in [6.45, 7) is -0.531. The number of carbonyl (C=O) groups excluding carboxylic acids is 1. The molecule has 3 rings (SSSR count). The number of hydrogen-bond acceptors (Lipinski definition) is 9. The van der Waals surface area contributed by atoms with Crippen molar-refractivity contribution in [1.29, 1.82) is 0 Å². The van der Waals surface area contributed by atoms with Crippen LogP contribution in [0.15, 0.2) is 24.3 Å². The van der Waals surface area contributed by atoms with Gasteiger partial charge in [-0.05, 0) is 29.7 Å². The number of methoxy groups -OCH3 is 1. The van der Waals surface area contributed by atoms with E-state index in [0.717, 1.165) is 10.1 Å². The van der Waals surface area contributed by atoms with Crippen LogP contribution in [0, 0.1) is 0 Å². The molecule has 5 atom stereocenters. The van der Waals surface area contributed by atoms with Gasteiger partial charge in [0.1, 0.15) is 35.0 Å². The molecular weight excluding hydrogens is 352 g/mol. The molecule has 2 heterocycles. The second-order valence-electron chi connectivity index (χ2n) is 5.62. The Balaban J connectivity index is 1.81. The van der Waals surface area contributed by atoms with Crippen molar-refractivity contribution in [3.05, 3.63) is 29.1 Å². The smallest absolute Gasteiger partial charge is 0.348 e. The lowest BCUT2D eigenvalue weighted by atomic mass is 9.99. The van der Waals surface area contributed by atoms with Gasteiger partial charge in [0.15, 0.2) is 0 Å². The highest BCUT2D eigenvalue weighted by Gasteiger charge is 2.44. The van der Waals surface area contributed by atoms with Crippen molar-refractivity contribution in [2.45, 2.75) is 30.7 Å². The fourth-order valence-corrected chi connectivity index (χ4v) is 3.59. The Morgan fingerprint density at radius 3 is 2.64 bits per heavy atom. The topological polar surface area (TPSA) is 126 Å². The molecule has 0 saturated carbocycles. The minimum atomic E-state index is -1.51. The molecule has 2 aromatic rings. The van der Waals surface area contributed by atoms with Crippen molar-refractivity contribution in [1.82, 2.24) is 0 Å². The number of benzene rings is 1. The first-order chi connectivity index (χ1) is 11.9. The van der Waals surface area contributed by atoms with Crippen molar-refractivity contribution in [3.63, 3.8) is 0 Å². The Morgan fingerprint density at radius 2 is 1.96 bits per heavy atom. The third-order valence-electron chi connectivity index (χ3n) is 3.98. The van der Waals surface area contributed by atoms with Gasteiger partial charge in [-0.25, -0.2) is 4.79 Å². The highest BCUT2D eigenvalue weighted by atomic mass is 32.1. The summed E-state index contributed by atoms with van der Waals surface area (Å²) in [4.78, 5) is 12.0. The van der Waals surface area contributed by atoms with E-state index in [9.17, 15) is 25.2 Å². The van der Waals surface area contributed by atoms with Gasteiger partial charge >= 0.3 is 5.97 Å². The van der Waals surface area contributed by atoms with Gasteiger partial charge in [-0.15, -0.1) is 11.3 Å². The Morgan fingerprint density at radius 1 is 1.20 bits per heavy atom. The predicted octanol–water partition coefficient (Wildman–Crippen LogP) is -0.133. The number of thiophene rings is 1. The molecule has 5 unspecified atom stereocenters. The highest BCUT2D eigenvalue weighted by molar-refractivity contribution is 7.20. The maximum Gasteiger partial charge on any atom is 0.348 e. The second kappa shape index (κ2) is 7.24. The fraction of sp³-hybridized carbons (Fsp3) is 0.438. The molecule has 8 nitrogen and oxygen atoms in total. The van der Waals surface area contributed by atoms with Gasteiger partial charge in [0.25, 0.3) is 0 Å². The average molecular weight is 370 g/mol. The summed E-state index contributed by atoms with van der Waals surface area (Å²) in [7, 11) is 1.31. The van der Waals surface area contributed by atoms with Crippen molar-refractivity contribution < 1.29 is 39.4 Å². The molecule has 1 saturated heterocycles. The normalized spacial score (nSPS) is 29.6. The van der Waals surface area contributed by atoms with Crippen LogP contribution in [-0.2, 0) is 9.47 Å². The summed E-state index contributed by atoms with van der Waals surface area (Å²) >= 11 is 1.23. The Hall–Kier alpha value is -1.75. The molecule has 1 fully saturated rings. The van der Waals surface area contributed by atoms with Crippen LogP contribution in [0.1, 0.15) is 9.67 Å². The van der Waals surface area contributed by atoms with Gasteiger partial charge in [0, 0.05) is 4.70 Å². The Bertz CT molecular complexity index is 758. The number of rotatable bonds is 4. The lowest BCUT2D eigenvalue weighted by Gasteiger charge is -2.39. The number of aliphatic hydroxyl groups is 4. The third kappa shape index (κ3) is 3.47. The molecule has 0 bridgehead atoms. The number of esters is 1. The molecule has 9 heteroatoms. The summed E-state index contributed by atoms with van der Waals surface area (Å²) in [5.41, 5.74) is 0. The number of carbonyl (C=O) groups is 1. The Labute approximate surface area is 146 Å². The highest BCUT2D eigenvalue weighted by Crippen LogP contribution is 2.31. The van der Waals surface area contributed by atoms with Gasteiger partial charge < -0.3 is 34.6 Å². The largest absolute Gasteiger partial charge is 0.465 e. The number of ether oxygens (including phenoxy) is 3. The maximum absolute atomic E-state index is 11.6. The van der Waals surface area contributed by atoms with E-state index in [-0.39, 0.29) is 0 Å². The van der Waals surface area contributed by atoms with Gasteiger partial charge in [-0.3, -0.25) is 0 Å². The zero-order valence-electron chi connectivity index (χ0n) is 13.2. The molecule has 136 valence electrons. The Kier molecular flexibility index (Phi) is 5.23. The van der Waals surface area contributed by atoms with E-state index in [2.05, 4.69) is 4.74 Å². The summed E-state index contributed by atoms with van der Waals surface area (Å²) in [6.07, 6.45) is -6.73. The molecular formula is C16H18O8S. The van der Waals surface area contributed by atoms with Crippen LogP contribution in [0.4, 0.5) is 0 Å². The van der Waals surface area contributed by atoms with E-state index in [1.165, 1.54) is 18.4 Å². The number of hydrogen-bond donors (Lipinski definition) is 4. The molecule has 0 spiro atoms. The molecule has 1 aliphatic rings. The first-order valence-electron chi connectivity index (χ1n) is 7.53. The third-order valence-corrected chi connectivity index (χ3v) is 5.06. The quantitative estimate of drug-likeness (QED) is 0.548. The van der Waals surface area contributed by atoms with Crippen LogP contribution >= 0.6 is 11.3 Å². The standard InChI is InChI=1S/C16H18O8S/c1-22-15(21)11-4-7-2-3-8(5-10(7)25-11)23-16-14(20)13(19)12(18)9(6-17)24-16/h2-5,9,12-14,16-20H,6H2,1H3. The fourth-order valence-electron chi connectivity index (χ4n) is 2.58. The van der Waals surface area contributed by atoms with Crippen LogP contribution in [0.3, 0.4) is 0 Å². The summed E-state index contributed by atoms with van der Waals surface area (Å²) in [5.74, 6) is -0.0901. The van der Waals surface area contributed by atoms with Crippen LogP contribution in [-0.4, -0.2) is 70.8 Å². The molecule has 0 aliphatic carbocycles. The zero-order chi connectivity index (χ0) is 18.1. The first-order valence-corrected chi connectivity index (χ1v) is 8.35. The summed E-state index contributed by atoms with van der Waals surface area (Å²) in [6, 6.07) is 6.71. The van der Waals surface area contributed by atoms with Gasteiger partial charge in [0.05, 0.1) is 13.7 Å². The molecule has 1 aromatic heterocycles. The van der Waals surface area contributed by atoms with Crippen molar-refractivity contribution in [2.75, 3.05) is 13.7 Å². The van der Waals surface area contributed by atoms with E-state index in [1.807, 2.05) is 0 Å². The van der Waals surface area contributed by atoms with Crippen molar-refractivity contribution in [2.24, 2.45) is 0 Å². The molecule has 25 heavy (non-hydrogen) atoms. The minimum absolute atomic E-state index is 0.343. The van der Waals surface area contributed by atoms with E-state index >= 15 is 0 Å². The zero-order valence-corrected chi connectivity index (χ0v) is 14.0. The lowest BCUT2D eigenvalue weighted by molar-refractivity contribution is -0.277. The molecule has 1 aromatic carbocycles. The number of aliphatic hydroxyl groups excluding tert-OH is 4. The number of fused-ring (bicyclic) bond motifs is 1. The SMILES string of the molecule is COC(=O)c1cc2ccc(OC3OC(CO)C(O)C(O)C3O)cc2s1. The van der Waals surface area contributed by atoms with Crippen LogP contribution in [0.2, 0.25) is 0 Å².